The molecule has 0 aliphatic carbocycles. The molecule has 20 heavy (non-hydrogen) atoms. The number of urea groups is 1. The summed E-state index contributed by atoms with van der Waals surface area (Å²) in [6.07, 6.45) is 1.91. The van der Waals surface area contributed by atoms with E-state index in [9.17, 15) is 14.7 Å². The number of nitrogens with one attached hydrogen (secondary N) is 1. The first-order valence-corrected chi connectivity index (χ1v) is 6.46. The first-order chi connectivity index (χ1) is 9.31. The molecular formula is C14H18N2O4. The van der Waals surface area contributed by atoms with Gasteiger partial charge in [-0.25, -0.2) is 9.59 Å². The van der Waals surface area contributed by atoms with Crippen molar-refractivity contribution < 1.29 is 19.8 Å². The van der Waals surface area contributed by atoms with Crippen LogP contribution >= 0.6 is 0 Å². The monoisotopic (exact) mass is 278 g/mol. The van der Waals surface area contributed by atoms with Gasteiger partial charge in [0.25, 0.3) is 0 Å². The number of anilines is 1. The zero-order valence-corrected chi connectivity index (χ0v) is 11.5. The van der Waals surface area contributed by atoms with Crippen molar-refractivity contribution in [3.63, 3.8) is 0 Å². The normalized spacial score (nSPS) is 17.0. The minimum absolute atomic E-state index is 0.187. The van der Waals surface area contributed by atoms with Gasteiger partial charge >= 0.3 is 12.0 Å². The number of hydrogen-bond acceptors (Lipinski definition) is 3. The summed E-state index contributed by atoms with van der Waals surface area (Å²) >= 11 is 0. The zero-order valence-electron chi connectivity index (χ0n) is 11.5. The lowest BCUT2D eigenvalue weighted by Gasteiger charge is -2.31. The summed E-state index contributed by atoms with van der Waals surface area (Å²) in [6, 6.07) is 3.73. The van der Waals surface area contributed by atoms with Crippen molar-refractivity contribution in [2.45, 2.75) is 32.2 Å². The second-order valence-electron chi connectivity index (χ2n) is 5.53. The topological polar surface area (TPSA) is 89.9 Å². The molecule has 1 aliphatic heterocycles. The van der Waals surface area contributed by atoms with Gasteiger partial charge in [0.05, 0.1) is 0 Å². The molecule has 0 radical (unpaired) electrons. The maximum atomic E-state index is 12.2. The number of amides is 2. The van der Waals surface area contributed by atoms with Crippen molar-refractivity contribution in [2.75, 3.05) is 11.9 Å². The van der Waals surface area contributed by atoms with Gasteiger partial charge in [-0.05, 0) is 38.8 Å². The van der Waals surface area contributed by atoms with Gasteiger partial charge in [-0.3, -0.25) is 0 Å². The van der Waals surface area contributed by atoms with Crippen LogP contribution in [0.5, 0.6) is 5.75 Å². The van der Waals surface area contributed by atoms with Gasteiger partial charge in [0.2, 0.25) is 0 Å². The Balaban J connectivity index is 2.12. The van der Waals surface area contributed by atoms with Crippen LogP contribution in [0.25, 0.3) is 0 Å². The zero-order chi connectivity index (χ0) is 14.9. The maximum Gasteiger partial charge on any atom is 0.339 e. The van der Waals surface area contributed by atoms with Crippen LogP contribution in [0, 0.1) is 0 Å². The third kappa shape index (κ3) is 2.68. The molecule has 2 rings (SSSR count). The Labute approximate surface area is 117 Å². The van der Waals surface area contributed by atoms with Gasteiger partial charge in [0, 0.05) is 23.8 Å². The smallest absolute Gasteiger partial charge is 0.339 e. The third-order valence-corrected chi connectivity index (χ3v) is 3.63. The minimum atomic E-state index is -1.21. The van der Waals surface area contributed by atoms with E-state index >= 15 is 0 Å². The van der Waals surface area contributed by atoms with Crippen molar-refractivity contribution in [3.05, 3.63) is 23.8 Å². The fourth-order valence-electron chi connectivity index (χ4n) is 2.47. The molecular weight excluding hydrogens is 260 g/mol. The van der Waals surface area contributed by atoms with Crippen LogP contribution in [0.4, 0.5) is 10.5 Å². The second-order valence-corrected chi connectivity index (χ2v) is 5.53. The summed E-state index contributed by atoms with van der Waals surface area (Å²) in [5, 5.41) is 21.1. The average Bonchev–Trinajstić information content (AvgIpc) is 2.68. The van der Waals surface area contributed by atoms with E-state index in [0.717, 1.165) is 12.8 Å². The van der Waals surface area contributed by atoms with Crippen LogP contribution in [0.3, 0.4) is 0 Å². The number of carboxylic acids is 1. The molecule has 108 valence electrons. The lowest BCUT2D eigenvalue weighted by molar-refractivity contribution is 0.0693. The number of benzene rings is 1. The Morgan fingerprint density at radius 1 is 1.35 bits per heavy atom. The molecule has 1 heterocycles. The molecule has 1 fully saturated rings. The van der Waals surface area contributed by atoms with E-state index in [1.807, 2.05) is 13.8 Å². The molecule has 1 aromatic rings. The number of hydrogen-bond donors (Lipinski definition) is 3. The lowest BCUT2D eigenvalue weighted by Crippen LogP contribution is -2.44. The predicted molar refractivity (Wildman–Crippen MR) is 74.1 cm³/mol. The number of nitrogens with zero attached hydrogens (tertiary/aromatic N) is 1. The van der Waals surface area contributed by atoms with E-state index in [1.54, 1.807) is 4.90 Å². The fourth-order valence-corrected chi connectivity index (χ4v) is 2.47. The highest BCUT2D eigenvalue weighted by molar-refractivity contribution is 5.94. The van der Waals surface area contributed by atoms with E-state index in [2.05, 4.69) is 5.32 Å². The van der Waals surface area contributed by atoms with Crippen LogP contribution in [0.15, 0.2) is 18.2 Å². The summed E-state index contributed by atoms with van der Waals surface area (Å²) in [4.78, 5) is 24.7. The quantitative estimate of drug-likeness (QED) is 0.775. The van der Waals surface area contributed by atoms with Crippen LogP contribution in [-0.2, 0) is 0 Å². The molecule has 2 amide bonds. The molecule has 6 nitrogen and oxygen atoms in total. The molecule has 1 aromatic carbocycles. The summed E-state index contributed by atoms with van der Waals surface area (Å²) in [5.41, 5.74) is -0.00246. The minimum Gasteiger partial charge on any atom is -0.507 e. The number of likely N-dealkylation sites (tertiary alicyclic amines) is 1. The Hall–Kier alpha value is -2.24. The van der Waals surface area contributed by atoms with Gasteiger partial charge in [0.15, 0.2) is 0 Å². The molecule has 0 bridgehead atoms. The molecule has 0 atom stereocenters. The van der Waals surface area contributed by atoms with Crippen LogP contribution < -0.4 is 5.32 Å². The predicted octanol–water partition coefficient (Wildman–Crippen LogP) is 2.50. The van der Waals surface area contributed by atoms with Crippen molar-refractivity contribution >= 4 is 17.7 Å². The standard InChI is InChI=1S/C14H18N2O4/c1-14(2)6-3-7-16(14)13(20)15-9-4-5-10(12(18)19)11(17)8-9/h4-5,8,17H,3,6-7H2,1-2H3,(H,15,20)(H,18,19). The number of carbonyl (C=O) groups is 2. The van der Waals surface area contributed by atoms with Crippen molar-refractivity contribution in [3.8, 4) is 5.75 Å². The molecule has 0 saturated carbocycles. The van der Waals surface area contributed by atoms with Gasteiger partial charge in [-0.2, -0.15) is 0 Å². The number of carboxylic acid groups (broad SMARTS) is 1. The van der Waals surface area contributed by atoms with Gasteiger partial charge < -0.3 is 20.4 Å². The van der Waals surface area contributed by atoms with Crippen LogP contribution in [-0.4, -0.2) is 39.2 Å². The number of rotatable bonds is 2. The summed E-state index contributed by atoms with van der Waals surface area (Å²) in [5.74, 6) is -1.57. The molecule has 3 N–H and O–H groups in total. The van der Waals surface area contributed by atoms with Crippen LogP contribution in [0.1, 0.15) is 37.0 Å². The van der Waals surface area contributed by atoms with Gasteiger partial charge in [-0.15, -0.1) is 0 Å². The fraction of sp³-hybridized carbons (Fsp3) is 0.429. The Morgan fingerprint density at radius 3 is 2.55 bits per heavy atom. The third-order valence-electron chi connectivity index (χ3n) is 3.63. The van der Waals surface area contributed by atoms with E-state index in [4.69, 9.17) is 5.11 Å². The molecule has 0 aromatic heterocycles. The van der Waals surface area contributed by atoms with E-state index in [0.29, 0.717) is 12.2 Å². The molecule has 6 heteroatoms. The van der Waals surface area contributed by atoms with Gasteiger partial charge in [0.1, 0.15) is 11.3 Å². The van der Waals surface area contributed by atoms with Crippen molar-refractivity contribution in [2.24, 2.45) is 0 Å². The van der Waals surface area contributed by atoms with Crippen molar-refractivity contribution in [1.29, 1.82) is 0 Å². The summed E-state index contributed by atoms with van der Waals surface area (Å²) in [7, 11) is 0. The molecule has 0 unspecified atom stereocenters. The summed E-state index contributed by atoms with van der Waals surface area (Å²) < 4.78 is 0. The average molecular weight is 278 g/mol. The van der Waals surface area contributed by atoms with Crippen molar-refractivity contribution in [1.82, 2.24) is 4.90 Å². The highest BCUT2D eigenvalue weighted by Gasteiger charge is 2.35. The Bertz CT molecular complexity index is 554. The number of carbonyl (C=O) groups excluding carboxylic acids is 1. The molecule has 0 spiro atoms. The number of phenols is 1. The Morgan fingerprint density at radius 2 is 2.05 bits per heavy atom. The Kier molecular flexibility index (Phi) is 3.57. The SMILES string of the molecule is CC1(C)CCCN1C(=O)Nc1ccc(C(=O)O)c(O)c1. The lowest BCUT2D eigenvalue weighted by atomic mass is 10.0. The van der Waals surface area contributed by atoms with Crippen LogP contribution in [0.2, 0.25) is 0 Å². The first-order valence-electron chi connectivity index (χ1n) is 6.46. The molecule has 1 aliphatic rings. The number of aromatic carboxylic acids is 1. The maximum absolute atomic E-state index is 12.2. The largest absolute Gasteiger partial charge is 0.507 e. The molecule has 1 saturated heterocycles. The highest BCUT2D eigenvalue weighted by atomic mass is 16.4. The van der Waals surface area contributed by atoms with Gasteiger partial charge in [-0.1, -0.05) is 0 Å². The summed E-state index contributed by atoms with van der Waals surface area (Å²) in [6.45, 7) is 4.70. The van der Waals surface area contributed by atoms with E-state index in [1.165, 1.54) is 18.2 Å². The second kappa shape index (κ2) is 5.03. The highest BCUT2D eigenvalue weighted by Crippen LogP contribution is 2.29. The van der Waals surface area contributed by atoms with E-state index < -0.39 is 5.97 Å². The van der Waals surface area contributed by atoms with E-state index in [-0.39, 0.29) is 22.9 Å². The number of aromatic hydroxyl groups is 1. The first kappa shape index (κ1) is 14.2.